The molecule has 41 heavy (non-hydrogen) atoms. The summed E-state index contributed by atoms with van der Waals surface area (Å²) >= 11 is 0. The third-order valence-corrected chi connectivity index (χ3v) is 6.88. The minimum absolute atomic E-state index is 0.0953. The Labute approximate surface area is 243 Å². The molecule has 0 amide bonds. The van der Waals surface area contributed by atoms with Gasteiger partial charge in [0.1, 0.15) is 23.8 Å². The first-order chi connectivity index (χ1) is 19.4. The van der Waals surface area contributed by atoms with Crippen molar-refractivity contribution in [2.75, 3.05) is 25.5 Å². The maximum Gasteiger partial charge on any atom is 0.342 e. The molecular weight excluding hydrogens is 516 g/mol. The van der Waals surface area contributed by atoms with E-state index in [4.69, 9.17) is 14.9 Å². The average Bonchev–Trinajstić information content (AvgIpc) is 2.90. The largest absolute Gasteiger partial charge is 0.488 e. The van der Waals surface area contributed by atoms with Crippen LogP contribution in [0.2, 0.25) is 0 Å². The van der Waals surface area contributed by atoms with Crippen molar-refractivity contribution < 1.29 is 19.4 Å². The van der Waals surface area contributed by atoms with Gasteiger partial charge in [0, 0.05) is 31.4 Å². The molecule has 0 aliphatic carbocycles. The predicted molar refractivity (Wildman–Crippen MR) is 165 cm³/mol. The first kappa shape index (κ1) is 31.4. The zero-order chi connectivity index (χ0) is 30.3. The third-order valence-electron chi connectivity index (χ3n) is 6.88. The van der Waals surface area contributed by atoms with Crippen molar-refractivity contribution in [2.45, 2.75) is 54.2 Å². The first-order valence-electron chi connectivity index (χ1n) is 13.6. The van der Waals surface area contributed by atoms with Crippen LogP contribution in [-0.4, -0.2) is 47.4 Å². The van der Waals surface area contributed by atoms with Crippen molar-refractivity contribution in [1.29, 1.82) is 5.41 Å². The van der Waals surface area contributed by atoms with E-state index in [2.05, 4.69) is 68.2 Å². The summed E-state index contributed by atoms with van der Waals surface area (Å²) in [6.07, 6.45) is 3.41. The number of carboxylic acid groups (broad SMARTS) is 1. The van der Waals surface area contributed by atoms with Gasteiger partial charge in [-0.3, -0.25) is 4.90 Å². The van der Waals surface area contributed by atoms with Gasteiger partial charge < -0.3 is 25.3 Å². The second kappa shape index (κ2) is 13.5. The molecule has 8 nitrogen and oxygen atoms in total. The Balaban J connectivity index is 1.87. The van der Waals surface area contributed by atoms with Gasteiger partial charge in [-0.2, -0.15) is 0 Å². The summed E-state index contributed by atoms with van der Waals surface area (Å²) < 4.78 is 11.6. The molecular formula is C33H42N4O4. The number of carbonyl (C=O) groups is 1. The molecule has 0 unspecified atom stereocenters. The quantitative estimate of drug-likeness (QED) is 0.118. The molecule has 3 N–H and O–H groups in total. The number of pyridine rings is 1. The number of aliphatic carboxylic acids is 1. The van der Waals surface area contributed by atoms with Gasteiger partial charge in [-0.05, 0) is 65.6 Å². The fourth-order valence-corrected chi connectivity index (χ4v) is 5.03. The minimum Gasteiger partial charge on any atom is -0.488 e. The van der Waals surface area contributed by atoms with Crippen molar-refractivity contribution in [3.8, 4) is 0 Å². The molecule has 0 saturated heterocycles. The number of allylic oxidation sites excluding steroid dienone is 3. The smallest absolute Gasteiger partial charge is 0.342 e. The number of carboxylic acids is 1. The van der Waals surface area contributed by atoms with Gasteiger partial charge in [0.15, 0.2) is 0 Å². The summed E-state index contributed by atoms with van der Waals surface area (Å²) in [5.41, 5.74) is 7.07. The number of methoxy groups -OCH3 is 1. The van der Waals surface area contributed by atoms with Gasteiger partial charge in [0.25, 0.3) is 0 Å². The summed E-state index contributed by atoms with van der Waals surface area (Å²) in [7, 11) is 1.32. The Morgan fingerprint density at radius 3 is 2.59 bits per heavy atom. The monoisotopic (exact) mass is 558 g/mol. The van der Waals surface area contributed by atoms with Crippen LogP contribution >= 0.6 is 0 Å². The van der Waals surface area contributed by atoms with Gasteiger partial charge in [0.2, 0.25) is 5.88 Å². The van der Waals surface area contributed by atoms with E-state index in [-0.39, 0.29) is 16.9 Å². The highest BCUT2D eigenvalue weighted by Gasteiger charge is 2.23. The van der Waals surface area contributed by atoms with E-state index < -0.39 is 5.97 Å². The summed E-state index contributed by atoms with van der Waals surface area (Å²) in [4.78, 5) is 18.6. The molecule has 1 aliphatic heterocycles. The molecule has 0 radical (unpaired) electrons. The summed E-state index contributed by atoms with van der Waals surface area (Å²) in [6.45, 7) is 22.5. The lowest BCUT2D eigenvalue weighted by molar-refractivity contribution is -0.132. The number of nitrogens with zero attached hydrogens (tertiary/aromatic N) is 2. The van der Waals surface area contributed by atoms with E-state index in [1.165, 1.54) is 23.8 Å². The number of fused-ring (bicyclic) bond motifs is 1. The van der Waals surface area contributed by atoms with Crippen LogP contribution in [0.4, 0.5) is 5.82 Å². The molecule has 1 aliphatic rings. The summed E-state index contributed by atoms with van der Waals surface area (Å²) in [5.74, 6) is -0.468. The molecule has 218 valence electrons. The number of anilines is 1. The predicted octanol–water partition coefficient (Wildman–Crippen LogP) is 6.49. The molecule has 2 heterocycles. The van der Waals surface area contributed by atoms with Crippen LogP contribution in [0.3, 0.4) is 0 Å². The maximum absolute atomic E-state index is 11.5. The van der Waals surface area contributed by atoms with Crippen LogP contribution in [-0.2, 0) is 33.8 Å². The minimum atomic E-state index is -1.29. The molecule has 0 saturated carbocycles. The molecule has 1 aromatic carbocycles. The second-order valence-corrected chi connectivity index (χ2v) is 11.5. The Morgan fingerprint density at radius 2 is 2.00 bits per heavy atom. The number of rotatable bonds is 12. The van der Waals surface area contributed by atoms with E-state index in [1.54, 1.807) is 18.2 Å². The van der Waals surface area contributed by atoms with Crippen molar-refractivity contribution >= 4 is 23.6 Å². The van der Waals surface area contributed by atoms with E-state index in [0.717, 1.165) is 37.2 Å². The lowest BCUT2D eigenvalue weighted by Crippen LogP contribution is -2.37. The molecule has 0 bridgehead atoms. The van der Waals surface area contributed by atoms with Crippen molar-refractivity contribution in [2.24, 2.45) is 5.41 Å². The van der Waals surface area contributed by atoms with Crippen LogP contribution in [0.25, 0.3) is 5.57 Å². The standard InChI is InChI=1S/C33H42N4O4/c1-9-25(28-11-10-12-29(35-28)36-31(40-8)27(17-34)32(38)39)30(21(2)3)41-19-24-14-13-23-18-37(20-33(5,6)7)16-15-26(23)22(24)4/h9-14,17,34H,1-2,15-16,18-20H2,3-8H3,(H,35,36)(H,38,39)/b30-25-,31-27-,34-17?. The van der Waals surface area contributed by atoms with Crippen LogP contribution in [0.15, 0.2) is 72.4 Å². The van der Waals surface area contributed by atoms with Crippen LogP contribution in [0.1, 0.15) is 55.6 Å². The van der Waals surface area contributed by atoms with Crippen molar-refractivity contribution in [3.05, 3.63) is 100 Å². The lowest BCUT2D eigenvalue weighted by atomic mass is 9.90. The number of benzene rings is 1. The molecule has 3 rings (SSSR count). The first-order valence-corrected chi connectivity index (χ1v) is 13.6. The summed E-state index contributed by atoms with van der Waals surface area (Å²) in [5, 5.41) is 19.6. The SMILES string of the molecule is C=C/C(=C(/OCc1ccc2c(c1C)CCN(CC(C)(C)C)C2)C(=C)C)c1cccc(N/C(OC)=C(\C=N)C(=O)O)n1. The Bertz CT molecular complexity index is 1400. The third kappa shape index (κ3) is 7.95. The topological polar surface area (TPSA) is 108 Å². The van der Waals surface area contributed by atoms with E-state index in [1.807, 2.05) is 13.0 Å². The van der Waals surface area contributed by atoms with Gasteiger partial charge in [-0.15, -0.1) is 0 Å². The Hall–Kier alpha value is -4.17. The normalized spacial score (nSPS) is 14.7. The maximum atomic E-state index is 11.5. The van der Waals surface area contributed by atoms with Crippen LogP contribution in [0.5, 0.6) is 0 Å². The fraction of sp³-hybridized carbons (Fsp3) is 0.364. The average molecular weight is 559 g/mol. The number of hydrogen-bond donors (Lipinski definition) is 3. The number of ether oxygens (including phenoxy) is 2. The van der Waals surface area contributed by atoms with Crippen molar-refractivity contribution in [1.82, 2.24) is 9.88 Å². The van der Waals surface area contributed by atoms with Crippen LogP contribution < -0.4 is 5.32 Å². The zero-order valence-electron chi connectivity index (χ0n) is 25.1. The molecule has 8 heteroatoms. The van der Waals surface area contributed by atoms with Gasteiger partial charge in [-0.1, -0.05) is 58.2 Å². The molecule has 2 aromatic rings. The zero-order valence-corrected chi connectivity index (χ0v) is 25.1. The number of hydrogen-bond acceptors (Lipinski definition) is 7. The highest BCUT2D eigenvalue weighted by atomic mass is 16.5. The Kier molecular flexibility index (Phi) is 10.3. The number of nitrogens with one attached hydrogen (secondary N) is 2. The number of aromatic nitrogens is 1. The van der Waals surface area contributed by atoms with Gasteiger partial charge in [0.05, 0.1) is 12.8 Å². The lowest BCUT2D eigenvalue weighted by Gasteiger charge is -2.34. The molecule has 1 aromatic heterocycles. The Morgan fingerprint density at radius 1 is 1.27 bits per heavy atom. The second-order valence-electron chi connectivity index (χ2n) is 11.5. The van der Waals surface area contributed by atoms with Crippen molar-refractivity contribution in [3.63, 3.8) is 0 Å². The highest BCUT2D eigenvalue weighted by molar-refractivity contribution is 6.08. The van der Waals surface area contributed by atoms with E-state index in [0.29, 0.717) is 35.7 Å². The molecule has 0 atom stereocenters. The molecule has 0 spiro atoms. The van der Waals surface area contributed by atoms with Crippen LogP contribution in [0, 0.1) is 17.7 Å². The van der Waals surface area contributed by atoms with Gasteiger partial charge >= 0.3 is 5.97 Å². The van der Waals surface area contributed by atoms with E-state index in [9.17, 15) is 9.90 Å². The van der Waals surface area contributed by atoms with Gasteiger partial charge in [-0.25, -0.2) is 9.78 Å². The highest BCUT2D eigenvalue weighted by Crippen LogP contribution is 2.30. The molecule has 0 fully saturated rings. The summed E-state index contributed by atoms with van der Waals surface area (Å²) in [6, 6.07) is 9.65. The van der Waals surface area contributed by atoms with E-state index >= 15 is 0 Å². The fourth-order valence-electron chi connectivity index (χ4n) is 5.03.